The molecule has 0 spiro atoms. The molecule has 3 aromatic rings. The summed E-state index contributed by atoms with van der Waals surface area (Å²) >= 11 is 0. The van der Waals surface area contributed by atoms with Crippen LogP contribution in [0.5, 0.6) is 0 Å². The molecule has 0 aliphatic rings. The molecule has 0 amide bonds. The first-order valence-electron chi connectivity index (χ1n) is 6.38. The number of rotatable bonds is 3. The Hall–Kier alpha value is -2.46. The van der Waals surface area contributed by atoms with Crippen LogP contribution >= 0.6 is 0 Å². The Labute approximate surface area is 116 Å². The van der Waals surface area contributed by atoms with E-state index in [9.17, 15) is 9.90 Å². The second-order valence-corrected chi connectivity index (χ2v) is 4.63. The molecule has 1 N–H and O–H groups in total. The van der Waals surface area contributed by atoms with E-state index in [1.54, 1.807) is 19.3 Å². The predicted molar refractivity (Wildman–Crippen MR) is 77.0 cm³/mol. The van der Waals surface area contributed by atoms with Crippen molar-refractivity contribution in [3.63, 3.8) is 0 Å². The highest BCUT2D eigenvalue weighted by Gasteiger charge is 2.14. The fourth-order valence-corrected chi connectivity index (χ4v) is 2.40. The smallest absolute Gasteiger partial charge is 0.162 e. The molecule has 0 aliphatic heterocycles. The largest absolute Gasteiger partial charge is 0.392 e. The van der Waals surface area contributed by atoms with E-state index in [0.29, 0.717) is 5.56 Å². The van der Waals surface area contributed by atoms with Crippen molar-refractivity contribution >= 4 is 16.8 Å². The fourth-order valence-electron chi connectivity index (χ4n) is 2.40. The van der Waals surface area contributed by atoms with Crippen molar-refractivity contribution in [3.8, 4) is 5.69 Å². The van der Waals surface area contributed by atoms with Gasteiger partial charge in [-0.2, -0.15) is 0 Å². The number of pyridine rings is 1. The zero-order valence-corrected chi connectivity index (χ0v) is 11.1. The second kappa shape index (κ2) is 4.90. The van der Waals surface area contributed by atoms with Crippen LogP contribution in [0.2, 0.25) is 0 Å². The van der Waals surface area contributed by atoms with E-state index < -0.39 is 0 Å². The van der Waals surface area contributed by atoms with Crippen LogP contribution in [0.25, 0.3) is 16.7 Å². The summed E-state index contributed by atoms with van der Waals surface area (Å²) in [6.07, 6.45) is 3.48. The maximum absolute atomic E-state index is 11.8. The van der Waals surface area contributed by atoms with Gasteiger partial charge in [0.05, 0.1) is 12.3 Å². The first-order chi connectivity index (χ1) is 9.72. The number of Topliss-reactive ketones (excluding diaryl/α,β-unsaturated/α-hetero) is 1. The number of aliphatic hydroxyl groups is 1. The molecular formula is C16H14N2O2. The number of nitrogens with zero attached hydrogens (tertiary/aromatic N) is 2. The van der Waals surface area contributed by atoms with Crippen LogP contribution in [0.1, 0.15) is 22.8 Å². The Bertz CT molecular complexity index is 790. The molecule has 0 saturated carbocycles. The summed E-state index contributed by atoms with van der Waals surface area (Å²) < 4.78 is 1.86. The van der Waals surface area contributed by atoms with Gasteiger partial charge in [0, 0.05) is 28.9 Å². The van der Waals surface area contributed by atoms with E-state index >= 15 is 0 Å². The van der Waals surface area contributed by atoms with Crippen LogP contribution in [0.15, 0.2) is 48.8 Å². The molecule has 0 radical (unpaired) electrons. The van der Waals surface area contributed by atoms with Crippen LogP contribution < -0.4 is 0 Å². The molecule has 0 aliphatic carbocycles. The van der Waals surface area contributed by atoms with Gasteiger partial charge in [-0.3, -0.25) is 4.79 Å². The number of hydrogen-bond acceptors (Lipinski definition) is 3. The molecule has 3 rings (SSSR count). The number of carbonyl (C=O) groups is 1. The number of para-hydroxylation sites is 1. The monoisotopic (exact) mass is 266 g/mol. The summed E-state index contributed by atoms with van der Waals surface area (Å²) in [7, 11) is 0. The Morgan fingerprint density at radius 1 is 1.25 bits per heavy atom. The van der Waals surface area contributed by atoms with Crippen LogP contribution in [0.3, 0.4) is 0 Å². The third-order valence-electron chi connectivity index (χ3n) is 3.36. The Kier molecular flexibility index (Phi) is 3.08. The van der Waals surface area contributed by atoms with Gasteiger partial charge in [-0.05, 0) is 25.1 Å². The molecule has 2 aromatic heterocycles. The minimum Gasteiger partial charge on any atom is -0.392 e. The van der Waals surface area contributed by atoms with Crippen molar-refractivity contribution in [1.29, 1.82) is 0 Å². The van der Waals surface area contributed by atoms with Gasteiger partial charge in [0.1, 0.15) is 5.65 Å². The molecule has 4 nitrogen and oxygen atoms in total. The Morgan fingerprint density at radius 3 is 2.80 bits per heavy atom. The van der Waals surface area contributed by atoms with Gasteiger partial charge in [0.25, 0.3) is 0 Å². The van der Waals surface area contributed by atoms with Crippen molar-refractivity contribution in [1.82, 2.24) is 9.55 Å². The van der Waals surface area contributed by atoms with E-state index in [1.165, 1.54) is 0 Å². The molecule has 4 heteroatoms. The average Bonchev–Trinajstić information content (AvgIpc) is 2.87. The zero-order chi connectivity index (χ0) is 14.1. The highest BCUT2D eigenvalue weighted by Crippen LogP contribution is 2.25. The lowest BCUT2D eigenvalue weighted by atomic mass is 10.2. The van der Waals surface area contributed by atoms with E-state index in [2.05, 4.69) is 4.98 Å². The predicted octanol–water partition coefficient (Wildman–Crippen LogP) is 2.72. The molecule has 20 heavy (non-hydrogen) atoms. The summed E-state index contributed by atoms with van der Waals surface area (Å²) in [6, 6.07) is 11.2. The van der Waals surface area contributed by atoms with E-state index in [4.69, 9.17) is 0 Å². The topological polar surface area (TPSA) is 55.1 Å². The number of aliphatic hydroxyl groups excluding tert-OH is 1. The number of benzene rings is 1. The lowest BCUT2D eigenvalue weighted by Crippen LogP contribution is -1.99. The molecule has 2 heterocycles. The third kappa shape index (κ3) is 1.90. The molecule has 0 fully saturated rings. The highest BCUT2D eigenvalue weighted by atomic mass is 16.3. The van der Waals surface area contributed by atoms with E-state index in [-0.39, 0.29) is 12.4 Å². The fraction of sp³-hybridized carbons (Fsp3) is 0.125. The van der Waals surface area contributed by atoms with Crippen molar-refractivity contribution in [3.05, 3.63) is 59.9 Å². The van der Waals surface area contributed by atoms with Gasteiger partial charge >= 0.3 is 0 Å². The van der Waals surface area contributed by atoms with Crippen LogP contribution in [0, 0.1) is 0 Å². The van der Waals surface area contributed by atoms with Gasteiger partial charge in [-0.25, -0.2) is 4.98 Å². The summed E-state index contributed by atoms with van der Waals surface area (Å²) in [5.74, 6) is 0.00299. The summed E-state index contributed by atoms with van der Waals surface area (Å²) in [6.45, 7) is 1.49. The highest BCUT2D eigenvalue weighted by molar-refractivity contribution is 6.06. The van der Waals surface area contributed by atoms with E-state index in [0.717, 1.165) is 22.3 Å². The van der Waals surface area contributed by atoms with Crippen molar-refractivity contribution in [2.75, 3.05) is 0 Å². The first-order valence-corrected chi connectivity index (χ1v) is 6.38. The lowest BCUT2D eigenvalue weighted by Gasteiger charge is -2.09. The van der Waals surface area contributed by atoms with Gasteiger partial charge in [0.2, 0.25) is 0 Å². The zero-order valence-electron chi connectivity index (χ0n) is 11.1. The molecule has 0 atom stereocenters. The summed E-state index contributed by atoms with van der Waals surface area (Å²) in [4.78, 5) is 16.1. The minimum absolute atomic E-state index is 0.00299. The quantitative estimate of drug-likeness (QED) is 0.742. The minimum atomic E-state index is -0.0575. The summed E-state index contributed by atoms with van der Waals surface area (Å²) in [5, 5.41) is 10.3. The van der Waals surface area contributed by atoms with E-state index in [1.807, 2.05) is 41.0 Å². The number of fused-ring (bicyclic) bond motifs is 1. The number of ketones is 1. The SMILES string of the molecule is CC(=O)c1cn(-c2ccccc2CO)c2ncccc12. The first kappa shape index (κ1) is 12.6. The maximum Gasteiger partial charge on any atom is 0.162 e. The van der Waals surface area contributed by atoms with Crippen LogP contribution in [0.4, 0.5) is 0 Å². The molecular weight excluding hydrogens is 252 g/mol. The molecule has 100 valence electrons. The molecule has 0 unspecified atom stereocenters. The van der Waals surface area contributed by atoms with Crippen LogP contribution in [-0.4, -0.2) is 20.4 Å². The van der Waals surface area contributed by atoms with Gasteiger partial charge < -0.3 is 9.67 Å². The number of carbonyl (C=O) groups excluding carboxylic acids is 1. The third-order valence-corrected chi connectivity index (χ3v) is 3.36. The standard InChI is InChI=1S/C16H14N2O2/c1-11(20)14-9-18(16-13(14)6-4-8-17-16)15-7-3-2-5-12(15)10-19/h2-9,19H,10H2,1H3. The normalized spacial score (nSPS) is 10.9. The maximum atomic E-state index is 11.8. The lowest BCUT2D eigenvalue weighted by molar-refractivity contribution is 0.101. The number of hydrogen-bond donors (Lipinski definition) is 1. The Morgan fingerprint density at radius 2 is 2.05 bits per heavy atom. The number of aromatic nitrogens is 2. The Balaban J connectivity index is 2.34. The van der Waals surface area contributed by atoms with Crippen molar-refractivity contribution < 1.29 is 9.90 Å². The van der Waals surface area contributed by atoms with Gasteiger partial charge in [0.15, 0.2) is 5.78 Å². The molecule has 1 aromatic carbocycles. The van der Waals surface area contributed by atoms with Gasteiger partial charge in [-0.1, -0.05) is 18.2 Å². The van der Waals surface area contributed by atoms with Crippen molar-refractivity contribution in [2.45, 2.75) is 13.5 Å². The summed E-state index contributed by atoms with van der Waals surface area (Å²) in [5.41, 5.74) is 3.00. The van der Waals surface area contributed by atoms with Crippen molar-refractivity contribution in [2.24, 2.45) is 0 Å². The molecule has 0 bridgehead atoms. The van der Waals surface area contributed by atoms with Gasteiger partial charge in [-0.15, -0.1) is 0 Å². The van der Waals surface area contributed by atoms with Crippen LogP contribution in [-0.2, 0) is 6.61 Å². The average molecular weight is 266 g/mol. The second-order valence-electron chi connectivity index (χ2n) is 4.63. The molecule has 0 saturated heterocycles.